The Morgan fingerprint density at radius 1 is 1.22 bits per heavy atom. The van der Waals surface area contributed by atoms with E-state index in [2.05, 4.69) is 6.92 Å². The van der Waals surface area contributed by atoms with Gasteiger partial charge in [0.25, 0.3) is 0 Å². The monoisotopic (exact) mass is 254 g/mol. The van der Waals surface area contributed by atoms with Gasteiger partial charge < -0.3 is 0 Å². The predicted molar refractivity (Wildman–Crippen MR) is 68.4 cm³/mol. The van der Waals surface area contributed by atoms with E-state index in [4.69, 9.17) is 0 Å². The van der Waals surface area contributed by atoms with Gasteiger partial charge in [-0.05, 0) is 30.5 Å². The normalized spacial score (nSPS) is 12.4. The van der Waals surface area contributed by atoms with Gasteiger partial charge in [0, 0.05) is 12.3 Å². The van der Waals surface area contributed by atoms with Crippen LogP contribution in [-0.2, 0) is 11.2 Å². The molecule has 0 fully saturated rings. The Balaban J connectivity index is 2.64. The smallest absolute Gasteiger partial charge is 0.159 e. The van der Waals surface area contributed by atoms with Gasteiger partial charge in [0.05, 0.1) is 0 Å². The van der Waals surface area contributed by atoms with Crippen LogP contribution in [0.3, 0.4) is 0 Å². The van der Waals surface area contributed by atoms with Crippen LogP contribution in [-0.4, -0.2) is 5.78 Å². The van der Waals surface area contributed by atoms with Crippen LogP contribution in [0.25, 0.3) is 0 Å². The fourth-order valence-electron chi connectivity index (χ4n) is 2.04. The largest absolute Gasteiger partial charge is 0.299 e. The third-order valence-corrected chi connectivity index (χ3v) is 3.22. The highest BCUT2D eigenvalue weighted by Crippen LogP contribution is 2.17. The van der Waals surface area contributed by atoms with Gasteiger partial charge in [-0.3, -0.25) is 4.79 Å². The molecule has 0 saturated heterocycles. The Morgan fingerprint density at radius 3 is 2.50 bits per heavy atom. The number of hydrogen-bond acceptors (Lipinski definition) is 1. The maximum atomic E-state index is 13.0. The second-order valence-corrected chi connectivity index (χ2v) is 4.64. The fourth-order valence-corrected chi connectivity index (χ4v) is 2.04. The van der Waals surface area contributed by atoms with Crippen LogP contribution in [0.5, 0.6) is 0 Å². The molecular formula is C15H20F2O. The molecule has 0 aromatic heterocycles. The molecule has 100 valence electrons. The summed E-state index contributed by atoms with van der Waals surface area (Å²) in [5.74, 6) is -1.60. The minimum atomic E-state index is -0.887. The standard InChI is InChI=1S/C15H20F2O/c1-3-5-6-12(4-2)15(18)10-11-7-8-13(16)14(17)9-11/h7-9,12H,3-6,10H2,1-2H3. The number of carbonyl (C=O) groups is 1. The number of rotatable bonds is 7. The molecule has 0 radical (unpaired) electrons. The quantitative estimate of drug-likeness (QED) is 0.709. The summed E-state index contributed by atoms with van der Waals surface area (Å²) in [4.78, 5) is 12.0. The Bertz CT molecular complexity index is 401. The Morgan fingerprint density at radius 2 is 1.94 bits per heavy atom. The molecule has 0 aliphatic heterocycles. The van der Waals surface area contributed by atoms with E-state index in [1.54, 1.807) is 0 Å². The molecule has 0 bridgehead atoms. The summed E-state index contributed by atoms with van der Waals surface area (Å²) in [6, 6.07) is 3.66. The third kappa shape index (κ3) is 4.21. The van der Waals surface area contributed by atoms with Gasteiger partial charge in [0.1, 0.15) is 5.78 Å². The molecule has 18 heavy (non-hydrogen) atoms. The maximum absolute atomic E-state index is 13.0. The SMILES string of the molecule is CCCCC(CC)C(=O)Cc1ccc(F)c(F)c1. The first-order chi connectivity index (χ1) is 8.58. The van der Waals surface area contributed by atoms with E-state index in [-0.39, 0.29) is 18.1 Å². The van der Waals surface area contributed by atoms with Gasteiger partial charge in [-0.2, -0.15) is 0 Å². The molecule has 0 aliphatic rings. The molecule has 1 nitrogen and oxygen atoms in total. The fraction of sp³-hybridized carbons (Fsp3) is 0.533. The molecule has 0 amide bonds. The van der Waals surface area contributed by atoms with E-state index >= 15 is 0 Å². The molecule has 1 aromatic carbocycles. The van der Waals surface area contributed by atoms with Crippen molar-refractivity contribution in [1.82, 2.24) is 0 Å². The summed E-state index contributed by atoms with van der Waals surface area (Å²) in [6.07, 6.45) is 3.98. The lowest BCUT2D eigenvalue weighted by atomic mass is 9.91. The Kier molecular flexibility index (Phi) is 5.96. The van der Waals surface area contributed by atoms with Gasteiger partial charge >= 0.3 is 0 Å². The molecule has 0 saturated carbocycles. The molecule has 0 spiro atoms. The summed E-state index contributed by atoms with van der Waals surface area (Å²) in [5, 5.41) is 0. The van der Waals surface area contributed by atoms with Crippen LogP contribution in [0, 0.1) is 17.6 Å². The van der Waals surface area contributed by atoms with Gasteiger partial charge in [-0.1, -0.05) is 32.8 Å². The van der Waals surface area contributed by atoms with E-state index in [0.717, 1.165) is 37.8 Å². The minimum absolute atomic E-state index is 0.0399. The number of benzene rings is 1. The molecule has 1 rings (SSSR count). The van der Waals surface area contributed by atoms with E-state index in [1.165, 1.54) is 6.07 Å². The van der Waals surface area contributed by atoms with Gasteiger partial charge in [0.15, 0.2) is 11.6 Å². The molecular weight excluding hydrogens is 234 g/mol. The second kappa shape index (κ2) is 7.24. The zero-order valence-corrected chi connectivity index (χ0v) is 11.0. The van der Waals surface area contributed by atoms with Crippen LogP contribution in [0.1, 0.15) is 45.1 Å². The van der Waals surface area contributed by atoms with Crippen molar-refractivity contribution in [3.63, 3.8) is 0 Å². The molecule has 0 heterocycles. The summed E-state index contributed by atoms with van der Waals surface area (Å²) in [6.45, 7) is 4.08. The predicted octanol–water partition coefficient (Wildman–Crippen LogP) is 4.29. The number of halogens is 2. The zero-order chi connectivity index (χ0) is 13.5. The summed E-state index contributed by atoms with van der Waals surface area (Å²) < 4.78 is 25.8. The van der Waals surface area contributed by atoms with Crippen molar-refractivity contribution in [2.24, 2.45) is 5.92 Å². The van der Waals surface area contributed by atoms with Crippen molar-refractivity contribution in [3.8, 4) is 0 Å². The van der Waals surface area contributed by atoms with Gasteiger partial charge in [-0.25, -0.2) is 8.78 Å². The molecule has 0 aliphatic carbocycles. The summed E-state index contributed by atoms with van der Waals surface area (Å²) in [7, 11) is 0. The number of ketones is 1. The molecule has 1 atom stereocenters. The first-order valence-electron chi connectivity index (χ1n) is 6.55. The number of carbonyl (C=O) groups excluding carboxylic acids is 1. The second-order valence-electron chi connectivity index (χ2n) is 4.64. The van der Waals surface area contributed by atoms with Gasteiger partial charge in [-0.15, -0.1) is 0 Å². The van der Waals surface area contributed by atoms with Crippen molar-refractivity contribution in [1.29, 1.82) is 0 Å². The minimum Gasteiger partial charge on any atom is -0.299 e. The van der Waals surface area contributed by atoms with Gasteiger partial charge in [0.2, 0.25) is 0 Å². The van der Waals surface area contributed by atoms with Crippen LogP contribution < -0.4 is 0 Å². The van der Waals surface area contributed by atoms with Crippen LogP contribution >= 0.6 is 0 Å². The lowest BCUT2D eigenvalue weighted by molar-refractivity contribution is -0.122. The summed E-state index contributed by atoms with van der Waals surface area (Å²) in [5.41, 5.74) is 0.550. The topological polar surface area (TPSA) is 17.1 Å². The highest BCUT2D eigenvalue weighted by molar-refractivity contribution is 5.83. The number of Topliss-reactive ketones (excluding diaryl/α,β-unsaturated/α-hetero) is 1. The van der Waals surface area contributed by atoms with Crippen LogP contribution in [0.2, 0.25) is 0 Å². The molecule has 1 aromatic rings. The maximum Gasteiger partial charge on any atom is 0.159 e. The van der Waals surface area contributed by atoms with E-state index in [9.17, 15) is 13.6 Å². The van der Waals surface area contributed by atoms with Crippen molar-refractivity contribution < 1.29 is 13.6 Å². The van der Waals surface area contributed by atoms with E-state index < -0.39 is 11.6 Å². The van der Waals surface area contributed by atoms with E-state index in [0.29, 0.717) is 5.56 Å². The molecule has 0 N–H and O–H groups in total. The highest BCUT2D eigenvalue weighted by Gasteiger charge is 2.16. The highest BCUT2D eigenvalue weighted by atomic mass is 19.2. The van der Waals surface area contributed by atoms with E-state index in [1.807, 2.05) is 6.92 Å². The lowest BCUT2D eigenvalue weighted by Gasteiger charge is -2.13. The summed E-state index contributed by atoms with van der Waals surface area (Å²) >= 11 is 0. The average molecular weight is 254 g/mol. The molecule has 3 heteroatoms. The van der Waals surface area contributed by atoms with Crippen molar-refractivity contribution >= 4 is 5.78 Å². The third-order valence-electron chi connectivity index (χ3n) is 3.22. The number of unbranched alkanes of at least 4 members (excludes halogenated alkanes) is 1. The Hall–Kier alpha value is -1.25. The first-order valence-corrected chi connectivity index (χ1v) is 6.55. The number of hydrogen-bond donors (Lipinski definition) is 0. The van der Waals surface area contributed by atoms with Crippen LogP contribution in [0.4, 0.5) is 8.78 Å². The van der Waals surface area contributed by atoms with Crippen molar-refractivity contribution in [2.75, 3.05) is 0 Å². The Labute approximate surface area is 107 Å². The van der Waals surface area contributed by atoms with Crippen molar-refractivity contribution in [3.05, 3.63) is 35.4 Å². The lowest BCUT2D eigenvalue weighted by Crippen LogP contribution is -2.16. The van der Waals surface area contributed by atoms with Crippen molar-refractivity contribution in [2.45, 2.75) is 46.0 Å². The first kappa shape index (κ1) is 14.8. The van der Waals surface area contributed by atoms with Crippen LogP contribution in [0.15, 0.2) is 18.2 Å². The zero-order valence-electron chi connectivity index (χ0n) is 11.0. The average Bonchev–Trinajstić information content (AvgIpc) is 2.35. The molecule has 1 unspecified atom stereocenters.